The van der Waals surface area contributed by atoms with E-state index in [4.69, 9.17) is 9.97 Å². The molecule has 1 aliphatic rings. The van der Waals surface area contributed by atoms with Crippen LogP contribution >= 0.6 is 0 Å². The maximum absolute atomic E-state index is 5.61. The van der Waals surface area contributed by atoms with Gasteiger partial charge in [-0.25, -0.2) is 4.98 Å². The minimum absolute atomic E-state index is 0.892. The number of hydrogen-bond donors (Lipinski definition) is 0. The third-order valence-corrected chi connectivity index (χ3v) is 13.6. The molecule has 0 unspecified atom stereocenters. The van der Waals surface area contributed by atoms with Crippen LogP contribution in [-0.4, -0.2) is 19.1 Å². The number of fused-ring (bicyclic) bond motifs is 5. The number of rotatable bonds is 8. The van der Waals surface area contributed by atoms with E-state index in [0.29, 0.717) is 0 Å². The van der Waals surface area contributed by atoms with Crippen molar-refractivity contribution in [2.24, 2.45) is 0 Å². The van der Waals surface area contributed by atoms with E-state index >= 15 is 0 Å². The summed E-state index contributed by atoms with van der Waals surface area (Å²) in [5, 5.41) is 6.69. The molecule has 68 heavy (non-hydrogen) atoms. The fourth-order valence-electron chi connectivity index (χ4n) is 10.5. The molecule has 0 aliphatic heterocycles. The first-order chi connectivity index (χ1) is 33.7. The summed E-state index contributed by atoms with van der Waals surface area (Å²) >= 11 is 0. The summed E-state index contributed by atoms with van der Waals surface area (Å²) in [6.45, 7) is 0. The van der Waals surface area contributed by atoms with Crippen molar-refractivity contribution in [3.8, 4) is 67.5 Å². The van der Waals surface area contributed by atoms with Gasteiger partial charge in [0.05, 0.1) is 39.5 Å². The minimum Gasteiger partial charge on any atom is -0.309 e. The molecule has 12 aromatic rings. The van der Waals surface area contributed by atoms with E-state index in [9.17, 15) is 0 Å². The van der Waals surface area contributed by atoms with Crippen LogP contribution in [0, 0.1) is 0 Å². The molecule has 0 saturated carbocycles. The Morgan fingerprint density at radius 3 is 1.44 bits per heavy atom. The highest BCUT2D eigenvalue weighted by molar-refractivity contribution is 6.22. The Hall–Kier alpha value is -8.86. The normalized spacial score (nSPS) is 12.6. The highest BCUT2D eigenvalue weighted by Gasteiger charge is 2.23. The van der Waals surface area contributed by atoms with E-state index in [1.807, 2.05) is 12.3 Å². The van der Waals surface area contributed by atoms with E-state index in [1.54, 1.807) is 0 Å². The Morgan fingerprint density at radius 1 is 0.368 bits per heavy atom. The van der Waals surface area contributed by atoms with Crippen LogP contribution < -0.4 is 0 Å². The van der Waals surface area contributed by atoms with E-state index < -0.39 is 0 Å². The summed E-state index contributed by atoms with van der Waals surface area (Å²) in [5.74, 6) is 0. The van der Waals surface area contributed by atoms with Gasteiger partial charge in [-0.2, -0.15) is 0 Å². The molecule has 0 radical (unpaired) electrons. The lowest BCUT2D eigenvalue weighted by Gasteiger charge is -2.22. The molecule has 0 bridgehead atoms. The summed E-state index contributed by atoms with van der Waals surface area (Å²) in [4.78, 5) is 10.5. The van der Waals surface area contributed by atoms with Gasteiger partial charge in [-0.05, 0) is 128 Å². The van der Waals surface area contributed by atoms with Crippen LogP contribution in [0.2, 0.25) is 0 Å². The van der Waals surface area contributed by atoms with Crippen LogP contribution in [0.5, 0.6) is 0 Å². The quantitative estimate of drug-likeness (QED) is 0.113. The molecule has 0 fully saturated rings. The van der Waals surface area contributed by atoms with E-state index in [1.165, 1.54) is 22.4 Å². The smallest absolute Gasteiger partial charge is 0.0972 e. The third kappa shape index (κ3) is 6.68. The first-order valence-electron chi connectivity index (χ1n) is 23.5. The molecule has 0 spiro atoms. The fraction of sp³-hybridized carbons (Fsp3) is 0.0312. The van der Waals surface area contributed by atoms with E-state index in [-0.39, 0.29) is 0 Å². The molecule has 0 N–H and O–H groups in total. The topological polar surface area (TPSA) is 35.6 Å². The molecule has 0 amide bonds. The van der Waals surface area contributed by atoms with Gasteiger partial charge in [-0.3, -0.25) is 4.98 Å². The van der Waals surface area contributed by atoms with Crippen LogP contribution in [0.15, 0.2) is 243 Å². The SMILES string of the molecule is C1=CC(c2ccc(-c3ccccc3)n2-c2ccc3c(-c4ccc5ccc6cccnc6c5n4)c4cc(-n5c(-c6ccccc6)ccc5-c5ccccc5)ccc4c(-c4ccccc4)c3c2)=CCC1. The van der Waals surface area contributed by atoms with Crippen molar-refractivity contribution in [3.63, 3.8) is 0 Å². The molecule has 4 heteroatoms. The first-order valence-corrected chi connectivity index (χ1v) is 23.5. The molecule has 0 atom stereocenters. The Balaban J connectivity index is 1.15. The number of nitrogens with zero attached hydrogens (tertiary/aromatic N) is 4. The van der Waals surface area contributed by atoms with Gasteiger partial charge >= 0.3 is 0 Å². The lowest BCUT2D eigenvalue weighted by Crippen LogP contribution is -2.03. The second-order valence-corrected chi connectivity index (χ2v) is 17.6. The summed E-state index contributed by atoms with van der Waals surface area (Å²) in [5.41, 5.74) is 17.6. The first kappa shape index (κ1) is 39.5. The lowest BCUT2D eigenvalue weighted by molar-refractivity contribution is 1.02. The highest BCUT2D eigenvalue weighted by Crippen LogP contribution is 2.46. The van der Waals surface area contributed by atoms with Gasteiger partial charge in [0.1, 0.15) is 0 Å². The Labute approximate surface area is 395 Å². The van der Waals surface area contributed by atoms with Crippen molar-refractivity contribution in [2.45, 2.75) is 12.8 Å². The highest BCUT2D eigenvalue weighted by atomic mass is 15.0. The largest absolute Gasteiger partial charge is 0.309 e. The fourth-order valence-corrected chi connectivity index (χ4v) is 10.5. The van der Waals surface area contributed by atoms with Crippen molar-refractivity contribution in [1.82, 2.24) is 19.1 Å². The van der Waals surface area contributed by atoms with Gasteiger partial charge in [-0.15, -0.1) is 0 Å². The van der Waals surface area contributed by atoms with Gasteiger partial charge in [0.25, 0.3) is 0 Å². The Morgan fingerprint density at radius 2 is 0.868 bits per heavy atom. The Bertz CT molecular complexity index is 3880. The molecule has 13 rings (SSSR count). The third-order valence-electron chi connectivity index (χ3n) is 13.6. The number of benzene rings is 8. The maximum atomic E-state index is 5.61. The summed E-state index contributed by atoms with van der Waals surface area (Å²) in [6, 6.07) is 79.1. The molecule has 8 aromatic carbocycles. The van der Waals surface area contributed by atoms with Gasteiger partial charge in [0, 0.05) is 33.9 Å². The lowest BCUT2D eigenvalue weighted by atomic mass is 9.86. The second kappa shape index (κ2) is 16.5. The second-order valence-electron chi connectivity index (χ2n) is 17.6. The van der Waals surface area contributed by atoms with Crippen LogP contribution in [0.4, 0.5) is 0 Å². The molecule has 4 aromatic heterocycles. The van der Waals surface area contributed by atoms with E-state index in [2.05, 4.69) is 240 Å². The average molecular weight is 869 g/mol. The van der Waals surface area contributed by atoms with Crippen LogP contribution in [0.25, 0.3) is 116 Å². The van der Waals surface area contributed by atoms with E-state index in [0.717, 1.165) is 113 Å². The summed E-state index contributed by atoms with van der Waals surface area (Å²) in [6.07, 6.45) is 10.9. The van der Waals surface area contributed by atoms with Crippen molar-refractivity contribution >= 4 is 48.9 Å². The van der Waals surface area contributed by atoms with Gasteiger partial charge in [0.15, 0.2) is 0 Å². The number of allylic oxidation sites excluding steroid dienone is 4. The molecule has 320 valence electrons. The zero-order valence-corrected chi connectivity index (χ0v) is 37.3. The van der Waals surface area contributed by atoms with Crippen LogP contribution in [0.3, 0.4) is 0 Å². The maximum Gasteiger partial charge on any atom is 0.0972 e. The summed E-state index contributed by atoms with van der Waals surface area (Å²) < 4.78 is 4.87. The zero-order valence-electron chi connectivity index (χ0n) is 37.3. The minimum atomic E-state index is 0.892. The number of hydrogen-bond acceptors (Lipinski definition) is 2. The average Bonchev–Trinajstić information content (AvgIpc) is 4.07. The summed E-state index contributed by atoms with van der Waals surface area (Å²) in [7, 11) is 0. The van der Waals surface area contributed by atoms with Crippen molar-refractivity contribution in [1.29, 1.82) is 0 Å². The van der Waals surface area contributed by atoms with Crippen molar-refractivity contribution in [3.05, 3.63) is 249 Å². The number of aromatic nitrogens is 4. The van der Waals surface area contributed by atoms with Crippen molar-refractivity contribution in [2.75, 3.05) is 0 Å². The van der Waals surface area contributed by atoms with Gasteiger partial charge in [0.2, 0.25) is 0 Å². The van der Waals surface area contributed by atoms with Crippen LogP contribution in [-0.2, 0) is 0 Å². The van der Waals surface area contributed by atoms with Gasteiger partial charge < -0.3 is 9.13 Å². The zero-order chi connectivity index (χ0) is 45.0. The number of pyridine rings is 2. The van der Waals surface area contributed by atoms with Gasteiger partial charge in [-0.1, -0.05) is 176 Å². The predicted octanol–water partition coefficient (Wildman–Crippen LogP) is 16.7. The molecule has 4 heterocycles. The molecule has 4 nitrogen and oxygen atoms in total. The standard InChI is InChI=1S/C64H44N4/c1-6-17-43(18-7-1)57-36-37-58(44-19-8-2-9-20-44)67(57)50-32-34-53-54(41-50)61(47-25-14-5-15-26-47)52-33-31-51(68-59(45-21-10-3-11-22-45)38-39-60(68)46-23-12-4-13-24-46)42-55(52)62(53)56-35-30-49-29-28-48-27-16-40-65-63(48)64(49)66-56/h1,3-8,10-42H,2,9H2. The predicted molar refractivity (Wildman–Crippen MR) is 284 cm³/mol. The van der Waals surface area contributed by atoms with Crippen LogP contribution in [0.1, 0.15) is 18.5 Å². The molecule has 0 saturated heterocycles. The molecule has 1 aliphatic carbocycles. The monoisotopic (exact) mass is 868 g/mol. The Kier molecular flexibility index (Phi) is 9.61. The van der Waals surface area contributed by atoms with Crippen molar-refractivity contribution < 1.29 is 0 Å². The molecular weight excluding hydrogens is 825 g/mol. The molecular formula is C64H44N4.